The normalized spacial score (nSPS) is 20.6. The van der Waals surface area contributed by atoms with Crippen LogP contribution in [-0.4, -0.2) is 0 Å². The van der Waals surface area contributed by atoms with Crippen LogP contribution in [0.15, 0.2) is 0 Å². The third-order valence-electron chi connectivity index (χ3n) is 4.35. The van der Waals surface area contributed by atoms with E-state index >= 15 is 0 Å². The van der Waals surface area contributed by atoms with Crippen LogP contribution in [0.1, 0.15) is 72.1 Å². The molecule has 84 valence electrons. The second kappa shape index (κ2) is 6.48. The van der Waals surface area contributed by atoms with Crippen LogP contribution in [0.3, 0.4) is 0 Å². The van der Waals surface area contributed by atoms with Crippen LogP contribution in [0.4, 0.5) is 0 Å². The predicted molar refractivity (Wildman–Crippen MR) is 64.4 cm³/mol. The molecule has 0 spiro atoms. The first kappa shape index (κ1) is 12.1. The Bertz CT molecular complexity index is 129. The van der Waals surface area contributed by atoms with E-state index in [-0.39, 0.29) is 0 Å². The van der Waals surface area contributed by atoms with Gasteiger partial charge >= 0.3 is 0 Å². The SMILES string of the molecule is CCC(CC)C(CC)CC1CCCC1. The molecule has 1 aliphatic carbocycles. The smallest absolute Gasteiger partial charge is 0.0386 e. The lowest BCUT2D eigenvalue weighted by atomic mass is 9.79. The van der Waals surface area contributed by atoms with Crippen LogP contribution in [0, 0.1) is 17.8 Å². The zero-order valence-corrected chi connectivity index (χ0v) is 10.4. The van der Waals surface area contributed by atoms with Crippen molar-refractivity contribution in [1.82, 2.24) is 0 Å². The first-order valence-corrected chi connectivity index (χ1v) is 6.81. The van der Waals surface area contributed by atoms with Crippen molar-refractivity contribution in [2.45, 2.75) is 72.1 Å². The second-order valence-electron chi connectivity index (χ2n) is 5.13. The Morgan fingerprint density at radius 1 is 0.857 bits per heavy atom. The summed E-state index contributed by atoms with van der Waals surface area (Å²) in [5.74, 6) is 3.11. The lowest BCUT2D eigenvalue weighted by Crippen LogP contribution is -2.15. The molecule has 1 unspecified atom stereocenters. The molecule has 0 aliphatic heterocycles. The monoisotopic (exact) mass is 196 g/mol. The Morgan fingerprint density at radius 2 is 1.36 bits per heavy atom. The summed E-state index contributed by atoms with van der Waals surface area (Å²) in [6.07, 6.45) is 11.8. The van der Waals surface area contributed by atoms with Gasteiger partial charge in [0, 0.05) is 0 Å². The molecular formula is C14H28. The Balaban J connectivity index is 2.35. The fourth-order valence-corrected chi connectivity index (χ4v) is 3.32. The van der Waals surface area contributed by atoms with Crippen LogP contribution in [0.25, 0.3) is 0 Å². The Labute approximate surface area is 90.5 Å². The summed E-state index contributed by atoms with van der Waals surface area (Å²) in [4.78, 5) is 0. The molecule has 0 heterocycles. The van der Waals surface area contributed by atoms with E-state index in [1.807, 2.05) is 0 Å². The Hall–Kier alpha value is 0. The first-order valence-electron chi connectivity index (χ1n) is 6.81. The summed E-state index contributed by atoms with van der Waals surface area (Å²) < 4.78 is 0. The lowest BCUT2D eigenvalue weighted by molar-refractivity contribution is 0.247. The van der Waals surface area contributed by atoms with Crippen molar-refractivity contribution in [1.29, 1.82) is 0 Å². The van der Waals surface area contributed by atoms with Crippen molar-refractivity contribution in [3.63, 3.8) is 0 Å². The van der Waals surface area contributed by atoms with Gasteiger partial charge in [0.05, 0.1) is 0 Å². The van der Waals surface area contributed by atoms with Gasteiger partial charge in [0.2, 0.25) is 0 Å². The van der Waals surface area contributed by atoms with Crippen molar-refractivity contribution in [2.24, 2.45) is 17.8 Å². The van der Waals surface area contributed by atoms with Gasteiger partial charge in [-0.2, -0.15) is 0 Å². The average Bonchev–Trinajstić information content (AvgIpc) is 2.70. The van der Waals surface area contributed by atoms with Crippen molar-refractivity contribution in [2.75, 3.05) is 0 Å². The van der Waals surface area contributed by atoms with Gasteiger partial charge in [0.25, 0.3) is 0 Å². The van der Waals surface area contributed by atoms with Gasteiger partial charge in [0.1, 0.15) is 0 Å². The highest BCUT2D eigenvalue weighted by Gasteiger charge is 2.23. The van der Waals surface area contributed by atoms with E-state index in [9.17, 15) is 0 Å². The highest BCUT2D eigenvalue weighted by Crippen LogP contribution is 2.35. The summed E-state index contributed by atoms with van der Waals surface area (Å²) in [5.41, 5.74) is 0. The first-order chi connectivity index (χ1) is 6.81. The molecule has 14 heavy (non-hydrogen) atoms. The highest BCUT2D eigenvalue weighted by atomic mass is 14.3. The molecule has 0 nitrogen and oxygen atoms in total. The molecule has 1 saturated carbocycles. The summed E-state index contributed by atoms with van der Waals surface area (Å²) in [7, 11) is 0. The fraction of sp³-hybridized carbons (Fsp3) is 1.00. The molecule has 1 aliphatic rings. The maximum absolute atomic E-state index is 2.39. The quantitative estimate of drug-likeness (QED) is 0.559. The summed E-state index contributed by atoms with van der Waals surface area (Å²) >= 11 is 0. The minimum absolute atomic E-state index is 1.00. The maximum Gasteiger partial charge on any atom is -0.0386 e. The van der Waals surface area contributed by atoms with Crippen molar-refractivity contribution < 1.29 is 0 Å². The van der Waals surface area contributed by atoms with E-state index in [0.717, 1.165) is 17.8 Å². The van der Waals surface area contributed by atoms with Crippen LogP contribution < -0.4 is 0 Å². The summed E-state index contributed by atoms with van der Waals surface area (Å²) in [5, 5.41) is 0. The van der Waals surface area contributed by atoms with Crippen molar-refractivity contribution in [3.05, 3.63) is 0 Å². The molecule has 0 aromatic rings. The van der Waals surface area contributed by atoms with E-state index in [0.29, 0.717) is 0 Å². The van der Waals surface area contributed by atoms with E-state index in [4.69, 9.17) is 0 Å². The molecule has 0 heteroatoms. The maximum atomic E-state index is 2.39. The fourth-order valence-electron chi connectivity index (χ4n) is 3.32. The van der Waals surface area contributed by atoms with E-state index in [1.54, 1.807) is 0 Å². The van der Waals surface area contributed by atoms with Crippen LogP contribution in [0.5, 0.6) is 0 Å². The molecule has 0 N–H and O–H groups in total. The topological polar surface area (TPSA) is 0 Å². The van der Waals surface area contributed by atoms with Gasteiger partial charge in [-0.05, 0) is 24.2 Å². The minimum atomic E-state index is 1.00. The van der Waals surface area contributed by atoms with Gasteiger partial charge in [-0.15, -0.1) is 0 Å². The average molecular weight is 196 g/mol. The summed E-state index contributed by atoms with van der Waals surface area (Å²) in [6, 6.07) is 0. The molecule has 1 rings (SSSR count). The van der Waals surface area contributed by atoms with Crippen molar-refractivity contribution >= 4 is 0 Å². The van der Waals surface area contributed by atoms with Gasteiger partial charge in [0.15, 0.2) is 0 Å². The van der Waals surface area contributed by atoms with Crippen molar-refractivity contribution in [3.8, 4) is 0 Å². The van der Waals surface area contributed by atoms with E-state index in [2.05, 4.69) is 20.8 Å². The molecule has 0 radical (unpaired) electrons. The van der Waals surface area contributed by atoms with E-state index < -0.39 is 0 Å². The molecule has 0 bridgehead atoms. The number of hydrogen-bond acceptors (Lipinski definition) is 0. The predicted octanol–water partition coefficient (Wildman–Crippen LogP) is 5.03. The third kappa shape index (κ3) is 3.29. The standard InChI is InChI=1S/C14H28/c1-4-13(5-2)14(6-3)11-12-9-7-8-10-12/h12-14H,4-11H2,1-3H3. The molecule has 0 aromatic carbocycles. The molecule has 0 saturated heterocycles. The van der Waals surface area contributed by atoms with Crippen LogP contribution in [-0.2, 0) is 0 Å². The van der Waals surface area contributed by atoms with Gasteiger partial charge in [-0.1, -0.05) is 65.7 Å². The number of hydrogen-bond donors (Lipinski definition) is 0. The molecule has 1 atom stereocenters. The Kier molecular flexibility index (Phi) is 5.59. The zero-order valence-electron chi connectivity index (χ0n) is 10.4. The Morgan fingerprint density at radius 3 is 1.79 bits per heavy atom. The molecule has 1 fully saturated rings. The highest BCUT2D eigenvalue weighted by molar-refractivity contribution is 4.74. The third-order valence-corrected chi connectivity index (χ3v) is 4.35. The molecular weight excluding hydrogens is 168 g/mol. The lowest BCUT2D eigenvalue weighted by Gasteiger charge is -2.26. The van der Waals surface area contributed by atoms with Crippen LogP contribution >= 0.6 is 0 Å². The largest absolute Gasteiger partial charge is 0.0651 e. The number of rotatable bonds is 6. The molecule has 0 amide bonds. The summed E-state index contributed by atoms with van der Waals surface area (Å²) in [6.45, 7) is 7.12. The second-order valence-corrected chi connectivity index (χ2v) is 5.13. The van der Waals surface area contributed by atoms with Gasteiger partial charge < -0.3 is 0 Å². The molecule has 0 aromatic heterocycles. The minimum Gasteiger partial charge on any atom is -0.0651 e. The van der Waals surface area contributed by atoms with Gasteiger partial charge in [-0.25, -0.2) is 0 Å². The van der Waals surface area contributed by atoms with E-state index in [1.165, 1.54) is 51.4 Å². The zero-order chi connectivity index (χ0) is 10.4. The van der Waals surface area contributed by atoms with Crippen LogP contribution in [0.2, 0.25) is 0 Å². The van der Waals surface area contributed by atoms with Gasteiger partial charge in [-0.3, -0.25) is 0 Å².